The molecule has 0 saturated heterocycles. The van der Waals surface area contributed by atoms with E-state index in [0.717, 1.165) is 11.1 Å². The highest BCUT2D eigenvalue weighted by molar-refractivity contribution is 5.95. The number of hydrogen-bond donors (Lipinski definition) is 2. The molecule has 0 unspecified atom stereocenters. The predicted octanol–water partition coefficient (Wildman–Crippen LogP) is 2.85. The lowest BCUT2D eigenvalue weighted by Crippen LogP contribution is -2.42. The Kier molecular flexibility index (Phi) is 9.05. The monoisotopic (exact) mass is 413 g/mol. The van der Waals surface area contributed by atoms with Crippen molar-refractivity contribution >= 4 is 23.8 Å². The summed E-state index contributed by atoms with van der Waals surface area (Å²) in [5.74, 6) is -2.54. The fraction of sp³-hybridized carbons (Fsp3) is 0.273. The molecule has 0 aliphatic carbocycles. The van der Waals surface area contributed by atoms with Gasteiger partial charge in [0.05, 0.1) is 0 Å². The zero-order valence-electron chi connectivity index (χ0n) is 16.3. The molecule has 0 bridgehead atoms. The second-order valence-corrected chi connectivity index (χ2v) is 6.50. The molecule has 1 amide bonds. The SMILES string of the molecule is O=C(O)CC(=O)CC[C@H](NC(=O)OCc1ccccc1)C(=O)OCc1ccccc1. The number of ketones is 1. The third-order valence-corrected chi connectivity index (χ3v) is 4.07. The van der Waals surface area contributed by atoms with Crippen LogP contribution in [0.3, 0.4) is 0 Å². The lowest BCUT2D eigenvalue weighted by molar-refractivity contribution is -0.147. The van der Waals surface area contributed by atoms with Crippen molar-refractivity contribution in [3.05, 3.63) is 71.8 Å². The van der Waals surface area contributed by atoms with Crippen molar-refractivity contribution in [3.8, 4) is 0 Å². The molecule has 158 valence electrons. The third-order valence-electron chi connectivity index (χ3n) is 4.07. The van der Waals surface area contributed by atoms with E-state index in [-0.39, 0.29) is 26.1 Å². The number of esters is 1. The number of benzene rings is 2. The first kappa shape index (κ1) is 22.6. The highest BCUT2D eigenvalue weighted by Gasteiger charge is 2.24. The molecule has 2 aromatic rings. The fourth-order valence-corrected chi connectivity index (χ4v) is 2.55. The Hall–Kier alpha value is -3.68. The first-order valence-corrected chi connectivity index (χ1v) is 9.35. The lowest BCUT2D eigenvalue weighted by atomic mass is 10.1. The summed E-state index contributed by atoms with van der Waals surface area (Å²) in [6, 6.07) is 16.8. The van der Waals surface area contributed by atoms with Crippen molar-refractivity contribution in [2.24, 2.45) is 0 Å². The molecule has 0 heterocycles. The van der Waals surface area contributed by atoms with Crippen LogP contribution in [0.4, 0.5) is 4.79 Å². The molecular formula is C22H23NO7. The standard InChI is InChI=1S/C22H23NO7/c24-18(13-20(25)26)11-12-19(21(27)29-14-16-7-3-1-4-8-16)23-22(28)30-15-17-9-5-2-6-10-17/h1-10,19H,11-15H2,(H,23,28)(H,25,26)/t19-/m0/s1. The van der Waals surface area contributed by atoms with Gasteiger partial charge in [-0.05, 0) is 17.5 Å². The van der Waals surface area contributed by atoms with Crippen LogP contribution in [0, 0.1) is 0 Å². The maximum atomic E-state index is 12.4. The van der Waals surface area contributed by atoms with Gasteiger partial charge in [0.15, 0.2) is 0 Å². The van der Waals surface area contributed by atoms with E-state index in [9.17, 15) is 19.2 Å². The molecule has 8 nitrogen and oxygen atoms in total. The molecule has 0 saturated carbocycles. The summed E-state index contributed by atoms with van der Waals surface area (Å²) in [6.07, 6.45) is -1.79. The Morgan fingerprint density at radius 2 is 1.37 bits per heavy atom. The molecule has 8 heteroatoms. The maximum absolute atomic E-state index is 12.4. The minimum Gasteiger partial charge on any atom is -0.481 e. The zero-order chi connectivity index (χ0) is 21.8. The number of alkyl carbamates (subject to hydrolysis) is 1. The van der Waals surface area contributed by atoms with Gasteiger partial charge in [-0.1, -0.05) is 60.7 Å². The second kappa shape index (κ2) is 12.0. The Bertz CT molecular complexity index is 852. The summed E-state index contributed by atoms with van der Waals surface area (Å²) in [5.41, 5.74) is 1.53. The van der Waals surface area contributed by atoms with E-state index in [1.807, 2.05) is 12.1 Å². The second-order valence-electron chi connectivity index (χ2n) is 6.50. The van der Waals surface area contributed by atoms with Crippen LogP contribution in [0.25, 0.3) is 0 Å². The number of carboxylic acids is 1. The zero-order valence-corrected chi connectivity index (χ0v) is 16.3. The quantitative estimate of drug-likeness (QED) is 0.429. The molecule has 0 aliphatic rings. The normalized spacial score (nSPS) is 11.2. The van der Waals surface area contributed by atoms with Gasteiger partial charge in [-0.2, -0.15) is 0 Å². The number of ether oxygens (including phenoxy) is 2. The highest BCUT2D eigenvalue weighted by Crippen LogP contribution is 2.08. The number of carbonyl (C=O) groups is 4. The van der Waals surface area contributed by atoms with Crippen LogP contribution < -0.4 is 5.32 Å². The number of amides is 1. The summed E-state index contributed by atoms with van der Waals surface area (Å²) < 4.78 is 10.3. The third kappa shape index (κ3) is 8.55. The van der Waals surface area contributed by atoms with Gasteiger partial charge in [0.25, 0.3) is 0 Å². The first-order chi connectivity index (χ1) is 14.4. The van der Waals surface area contributed by atoms with E-state index in [0.29, 0.717) is 0 Å². The van der Waals surface area contributed by atoms with Crippen LogP contribution in [-0.2, 0) is 37.1 Å². The average molecular weight is 413 g/mol. The van der Waals surface area contributed by atoms with Crippen molar-refractivity contribution in [3.63, 3.8) is 0 Å². The smallest absolute Gasteiger partial charge is 0.408 e. The van der Waals surface area contributed by atoms with E-state index in [1.165, 1.54) is 0 Å². The van der Waals surface area contributed by atoms with Gasteiger partial charge in [-0.3, -0.25) is 9.59 Å². The van der Waals surface area contributed by atoms with E-state index < -0.39 is 36.3 Å². The Labute approximate surface area is 173 Å². The Morgan fingerprint density at radius 1 is 0.833 bits per heavy atom. The Balaban J connectivity index is 1.92. The molecule has 1 atom stereocenters. The molecule has 2 aromatic carbocycles. The Morgan fingerprint density at radius 3 is 1.90 bits per heavy atom. The maximum Gasteiger partial charge on any atom is 0.408 e. The molecule has 2 N–H and O–H groups in total. The number of nitrogens with one attached hydrogen (secondary N) is 1. The van der Waals surface area contributed by atoms with Crippen LogP contribution in [0.15, 0.2) is 60.7 Å². The summed E-state index contributed by atoms with van der Waals surface area (Å²) in [6.45, 7) is 0.0103. The molecule has 0 spiro atoms. The fourth-order valence-electron chi connectivity index (χ4n) is 2.55. The predicted molar refractivity (Wildman–Crippen MR) is 106 cm³/mol. The molecule has 30 heavy (non-hydrogen) atoms. The molecule has 0 radical (unpaired) electrons. The molecular weight excluding hydrogens is 390 g/mol. The summed E-state index contributed by atoms with van der Waals surface area (Å²) >= 11 is 0. The van der Waals surface area contributed by atoms with Gasteiger partial charge >= 0.3 is 18.0 Å². The van der Waals surface area contributed by atoms with Gasteiger partial charge in [-0.15, -0.1) is 0 Å². The number of rotatable bonds is 11. The van der Waals surface area contributed by atoms with Crippen molar-refractivity contribution in [2.75, 3.05) is 0 Å². The molecule has 0 fully saturated rings. The van der Waals surface area contributed by atoms with Crippen LogP contribution in [0.2, 0.25) is 0 Å². The first-order valence-electron chi connectivity index (χ1n) is 9.35. The van der Waals surface area contributed by atoms with E-state index >= 15 is 0 Å². The van der Waals surface area contributed by atoms with Crippen LogP contribution in [0.1, 0.15) is 30.4 Å². The number of carbonyl (C=O) groups excluding carboxylic acids is 3. The minimum absolute atomic E-state index is 0.0000113. The number of Topliss-reactive ketones (excluding diaryl/α,β-unsaturated/α-hetero) is 1. The van der Waals surface area contributed by atoms with Crippen LogP contribution in [-0.4, -0.2) is 35.0 Å². The molecule has 2 rings (SSSR count). The number of carboxylic acid groups (broad SMARTS) is 1. The largest absolute Gasteiger partial charge is 0.481 e. The van der Waals surface area contributed by atoms with Gasteiger partial charge in [0, 0.05) is 6.42 Å². The van der Waals surface area contributed by atoms with Crippen molar-refractivity contribution in [1.82, 2.24) is 5.32 Å². The molecule has 0 aromatic heterocycles. The van der Waals surface area contributed by atoms with Crippen LogP contribution in [0.5, 0.6) is 0 Å². The van der Waals surface area contributed by atoms with E-state index in [2.05, 4.69) is 5.32 Å². The summed E-state index contributed by atoms with van der Waals surface area (Å²) in [7, 11) is 0. The van der Waals surface area contributed by atoms with Crippen LogP contribution >= 0.6 is 0 Å². The number of aliphatic carboxylic acids is 1. The van der Waals surface area contributed by atoms with Gasteiger partial charge in [0.1, 0.15) is 31.5 Å². The molecule has 0 aliphatic heterocycles. The average Bonchev–Trinajstić information content (AvgIpc) is 2.74. The van der Waals surface area contributed by atoms with E-state index in [4.69, 9.17) is 14.6 Å². The highest BCUT2D eigenvalue weighted by atomic mass is 16.6. The summed E-state index contributed by atoms with van der Waals surface area (Å²) in [5, 5.41) is 11.1. The van der Waals surface area contributed by atoms with Gasteiger partial charge < -0.3 is 19.9 Å². The minimum atomic E-state index is -1.25. The number of hydrogen-bond acceptors (Lipinski definition) is 6. The van der Waals surface area contributed by atoms with Crippen molar-refractivity contribution in [1.29, 1.82) is 0 Å². The lowest BCUT2D eigenvalue weighted by Gasteiger charge is -2.17. The van der Waals surface area contributed by atoms with Gasteiger partial charge in [-0.25, -0.2) is 9.59 Å². The van der Waals surface area contributed by atoms with Crippen molar-refractivity contribution < 1.29 is 33.8 Å². The summed E-state index contributed by atoms with van der Waals surface area (Å²) in [4.78, 5) is 46.9. The van der Waals surface area contributed by atoms with Crippen molar-refractivity contribution in [2.45, 2.75) is 38.5 Å². The topological polar surface area (TPSA) is 119 Å². The van der Waals surface area contributed by atoms with E-state index in [1.54, 1.807) is 48.5 Å². The van der Waals surface area contributed by atoms with Gasteiger partial charge in [0.2, 0.25) is 0 Å².